The molecule has 204 valence electrons. The molecule has 9 heteroatoms. The molecular weight excluding hydrogens is 522 g/mol. The number of rotatable bonds is 8. The van der Waals surface area contributed by atoms with Gasteiger partial charge in [-0.15, -0.1) is 0 Å². The second-order valence-corrected chi connectivity index (χ2v) is 10.4. The summed E-state index contributed by atoms with van der Waals surface area (Å²) in [5, 5.41) is 16.5. The average molecular weight is 554 g/mol. The van der Waals surface area contributed by atoms with Crippen LogP contribution in [0.25, 0.3) is 5.69 Å². The molecule has 1 aliphatic rings. The Morgan fingerprint density at radius 1 is 1.02 bits per heavy atom. The number of hydrogen-bond donors (Lipinski definition) is 3. The van der Waals surface area contributed by atoms with E-state index >= 15 is 0 Å². The molecule has 0 saturated carbocycles. The highest BCUT2D eigenvalue weighted by molar-refractivity contribution is 7.80. The Bertz CT molecular complexity index is 1580. The lowest BCUT2D eigenvalue weighted by Gasteiger charge is -2.28. The smallest absolute Gasteiger partial charge is 0.335 e. The van der Waals surface area contributed by atoms with E-state index in [0.29, 0.717) is 11.7 Å². The SMILES string of the molecule is Cc1cccc(NC(=O)CCN2C(=S)N[C@@H](c3ccccn3)[C@H]2c2cc(C)n(-c3cccc(C(=O)O)c3)c2C)c1. The molecule has 1 aliphatic heterocycles. The summed E-state index contributed by atoms with van der Waals surface area (Å²) in [4.78, 5) is 31.2. The van der Waals surface area contributed by atoms with Crippen LogP contribution in [0.5, 0.6) is 0 Å². The number of carbonyl (C=O) groups is 2. The lowest BCUT2D eigenvalue weighted by Crippen LogP contribution is -2.32. The van der Waals surface area contributed by atoms with Gasteiger partial charge in [0.15, 0.2) is 5.11 Å². The highest BCUT2D eigenvalue weighted by Crippen LogP contribution is 2.41. The van der Waals surface area contributed by atoms with Crippen molar-refractivity contribution in [2.75, 3.05) is 11.9 Å². The van der Waals surface area contributed by atoms with Gasteiger partial charge in [0.1, 0.15) is 0 Å². The Balaban J connectivity index is 1.48. The predicted molar refractivity (Wildman–Crippen MR) is 159 cm³/mol. The number of nitrogens with one attached hydrogen (secondary N) is 2. The molecule has 3 N–H and O–H groups in total. The number of aryl methyl sites for hydroxylation is 2. The first-order chi connectivity index (χ1) is 19.2. The highest BCUT2D eigenvalue weighted by Gasteiger charge is 2.41. The zero-order valence-electron chi connectivity index (χ0n) is 22.6. The molecule has 3 heterocycles. The molecule has 0 spiro atoms. The van der Waals surface area contributed by atoms with Crippen LogP contribution in [0.4, 0.5) is 5.69 Å². The van der Waals surface area contributed by atoms with E-state index in [1.807, 2.05) is 69.3 Å². The molecule has 1 fully saturated rings. The van der Waals surface area contributed by atoms with Crippen molar-refractivity contribution < 1.29 is 14.7 Å². The van der Waals surface area contributed by atoms with Crippen LogP contribution < -0.4 is 10.6 Å². The van der Waals surface area contributed by atoms with Crippen LogP contribution in [0.15, 0.2) is 79.0 Å². The third-order valence-corrected chi connectivity index (χ3v) is 7.57. The fraction of sp³-hybridized carbons (Fsp3) is 0.226. The van der Waals surface area contributed by atoms with Gasteiger partial charge in [0.2, 0.25) is 5.91 Å². The molecule has 8 nitrogen and oxygen atoms in total. The van der Waals surface area contributed by atoms with Crippen molar-refractivity contribution >= 4 is 34.9 Å². The minimum absolute atomic E-state index is 0.0932. The van der Waals surface area contributed by atoms with E-state index < -0.39 is 5.97 Å². The summed E-state index contributed by atoms with van der Waals surface area (Å²) in [6, 6.07) is 22.1. The Morgan fingerprint density at radius 2 is 1.82 bits per heavy atom. The van der Waals surface area contributed by atoms with Crippen molar-refractivity contribution in [2.24, 2.45) is 0 Å². The quantitative estimate of drug-likeness (QED) is 0.248. The van der Waals surface area contributed by atoms with Crippen molar-refractivity contribution in [3.63, 3.8) is 0 Å². The number of pyridine rings is 1. The highest BCUT2D eigenvalue weighted by atomic mass is 32.1. The van der Waals surface area contributed by atoms with Gasteiger partial charge < -0.3 is 25.2 Å². The van der Waals surface area contributed by atoms with Crippen molar-refractivity contribution in [1.82, 2.24) is 19.8 Å². The first-order valence-corrected chi connectivity index (χ1v) is 13.5. The molecule has 0 radical (unpaired) electrons. The maximum Gasteiger partial charge on any atom is 0.335 e. The van der Waals surface area contributed by atoms with E-state index in [4.69, 9.17) is 12.2 Å². The number of thiocarbonyl (C=S) groups is 1. The van der Waals surface area contributed by atoms with Crippen LogP contribution in [-0.4, -0.2) is 43.1 Å². The first-order valence-electron chi connectivity index (χ1n) is 13.1. The van der Waals surface area contributed by atoms with Crippen molar-refractivity contribution in [2.45, 2.75) is 39.3 Å². The molecule has 1 amide bonds. The van der Waals surface area contributed by atoms with Crippen molar-refractivity contribution in [3.05, 3.63) is 113 Å². The van der Waals surface area contributed by atoms with Crippen molar-refractivity contribution in [1.29, 1.82) is 0 Å². The summed E-state index contributed by atoms with van der Waals surface area (Å²) in [7, 11) is 0. The number of nitrogens with zero attached hydrogens (tertiary/aromatic N) is 3. The number of aromatic nitrogens is 2. The van der Waals surface area contributed by atoms with E-state index in [1.54, 1.807) is 24.4 Å². The summed E-state index contributed by atoms with van der Waals surface area (Å²) in [5.74, 6) is -1.07. The Hall–Kier alpha value is -4.50. The molecule has 0 unspecified atom stereocenters. The third-order valence-electron chi connectivity index (χ3n) is 7.22. The number of benzene rings is 2. The van der Waals surface area contributed by atoms with E-state index in [2.05, 4.69) is 31.2 Å². The molecule has 2 atom stereocenters. The molecule has 40 heavy (non-hydrogen) atoms. The number of hydrogen-bond acceptors (Lipinski definition) is 4. The summed E-state index contributed by atoms with van der Waals surface area (Å²) in [5.41, 5.74) is 6.64. The largest absolute Gasteiger partial charge is 0.478 e. The standard InChI is InChI=1S/C31H31N5O3S/c1-19-8-6-10-23(16-19)33-27(37)13-15-35-29(28(34-31(35)40)26-12-4-5-14-32-26)25-17-20(2)36(21(25)3)24-11-7-9-22(18-24)30(38)39/h4-12,14,16-18,28-29H,13,15H2,1-3H3,(H,33,37)(H,34,40)(H,38,39)/t28-,29+/m0/s1. The number of anilines is 1. The molecule has 2 aromatic carbocycles. The van der Waals surface area contributed by atoms with Crippen LogP contribution in [0, 0.1) is 20.8 Å². The van der Waals surface area contributed by atoms with Gasteiger partial charge in [0.25, 0.3) is 0 Å². The number of carboxylic acid groups (broad SMARTS) is 1. The van der Waals surface area contributed by atoms with Gasteiger partial charge >= 0.3 is 5.97 Å². The number of aromatic carboxylic acids is 1. The van der Waals surface area contributed by atoms with Gasteiger partial charge in [0.05, 0.1) is 23.3 Å². The molecule has 1 saturated heterocycles. The van der Waals surface area contributed by atoms with Crippen LogP contribution in [0.2, 0.25) is 0 Å². The number of carboxylic acids is 1. The average Bonchev–Trinajstić information content (AvgIpc) is 3.42. The maximum absolute atomic E-state index is 12.9. The van der Waals surface area contributed by atoms with Gasteiger partial charge in [0, 0.05) is 41.9 Å². The van der Waals surface area contributed by atoms with Gasteiger partial charge in [-0.2, -0.15) is 0 Å². The number of amides is 1. The minimum Gasteiger partial charge on any atom is -0.478 e. The molecule has 2 aromatic heterocycles. The van der Waals surface area contributed by atoms with Gasteiger partial charge in [-0.3, -0.25) is 9.78 Å². The molecule has 0 aliphatic carbocycles. The van der Waals surface area contributed by atoms with Crippen LogP contribution >= 0.6 is 12.2 Å². The zero-order valence-corrected chi connectivity index (χ0v) is 23.4. The Morgan fingerprint density at radius 3 is 2.55 bits per heavy atom. The Kier molecular flexibility index (Phi) is 7.66. The fourth-order valence-electron chi connectivity index (χ4n) is 5.42. The predicted octanol–water partition coefficient (Wildman–Crippen LogP) is 5.50. The monoisotopic (exact) mass is 553 g/mol. The van der Waals surface area contributed by atoms with Gasteiger partial charge in [-0.05, 0) is 92.6 Å². The van der Waals surface area contributed by atoms with E-state index in [-0.39, 0.29) is 30.0 Å². The van der Waals surface area contributed by atoms with E-state index in [0.717, 1.165) is 39.6 Å². The van der Waals surface area contributed by atoms with Crippen molar-refractivity contribution in [3.8, 4) is 5.69 Å². The van der Waals surface area contributed by atoms with E-state index in [9.17, 15) is 14.7 Å². The summed E-state index contributed by atoms with van der Waals surface area (Å²) >= 11 is 5.80. The summed E-state index contributed by atoms with van der Waals surface area (Å²) in [6.45, 7) is 6.42. The van der Waals surface area contributed by atoms with Crippen LogP contribution in [0.3, 0.4) is 0 Å². The Labute approximate surface area is 238 Å². The molecule has 4 aromatic rings. The summed E-state index contributed by atoms with van der Waals surface area (Å²) in [6.07, 6.45) is 2.01. The van der Waals surface area contributed by atoms with E-state index in [1.165, 1.54) is 0 Å². The third kappa shape index (κ3) is 5.46. The second-order valence-electron chi connectivity index (χ2n) is 10.0. The molecular formula is C31H31N5O3S. The zero-order chi connectivity index (χ0) is 28.4. The first kappa shape index (κ1) is 27.1. The molecule has 0 bridgehead atoms. The lowest BCUT2D eigenvalue weighted by atomic mass is 9.96. The summed E-state index contributed by atoms with van der Waals surface area (Å²) < 4.78 is 2.06. The van der Waals surface area contributed by atoms with Gasteiger partial charge in [-0.25, -0.2) is 4.79 Å². The second kappa shape index (κ2) is 11.3. The lowest BCUT2D eigenvalue weighted by molar-refractivity contribution is -0.116. The normalized spacial score (nSPS) is 16.6. The van der Waals surface area contributed by atoms with Gasteiger partial charge in [-0.1, -0.05) is 24.3 Å². The van der Waals surface area contributed by atoms with Crippen LogP contribution in [0.1, 0.15) is 57.1 Å². The minimum atomic E-state index is -0.972. The maximum atomic E-state index is 12.9. The molecule has 5 rings (SSSR count). The topological polar surface area (TPSA) is 99.5 Å². The fourth-order valence-corrected chi connectivity index (χ4v) is 5.75. The van der Waals surface area contributed by atoms with Crippen LogP contribution in [-0.2, 0) is 4.79 Å². The number of carbonyl (C=O) groups excluding carboxylic acids is 1.